The van der Waals surface area contributed by atoms with Gasteiger partial charge in [0.1, 0.15) is 6.04 Å². The highest BCUT2D eigenvalue weighted by Gasteiger charge is 2.27. The lowest BCUT2D eigenvalue weighted by atomic mass is 10.0. The Hall–Kier alpha value is -0.910. The molecule has 0 aromatic heterocycles. The fourth-order valence-corrected chi connectivity index (χ4v) is 3.68. The molecule has 0 aromatic carbocycles. The molecular weight excluding hydrogens is 276 g/mol. The molecule has 2 unspecified atom stereocenters. The molecule has 20 heavy (non-hydrogen) atoms. The van der Waals surface area contributed by atoms with Crippen LogP contribution in [0, 0.1) is 5.92 Å². The summed E-state index contributed by atoms with van der Waals surface area (Å²) in [6.07, 6.45) is 3.53. The number of rotatable bonds is 7. The molecule has 0 spiro atoms. The van der Waals surface area contributed by atoms with Gasteiger partial charge in [0.25, 0.3) is 0 Å². The maximum absolute atomic E-state index is 11.9. The van der Waals surface area contributed by atoms with E-state index in [1.807, 2.05) is 25.6 Å². The van der Waals surface area contributed by atoms with Gasteiger partial charge in [-0.3, -0.25) is 0 Å². The fourth-order valence-electron chi connectivity index (χ4n) is 2.54. The zero-order valence-corrected chi connectivity index (χ0v) is 13.3. The minimum Gasteiger partial charge on any atom is -0.480 e. The molecule has 6 heteroatoms. The van der Waals surface area contributed by atoms with Gasteiger partial charge in [-0.1, -0.05) is 20.8 Å². The van der Waals surface area contributed by atoms with Crippen molar-refractivity contribution in [3.8, 4) is 0 Å². The van der Waals surface area contributed by atoms with Gasteiger partial charge in [-0.25, -0.2) is 9.59 Å². The van der Waals surface area contributed by atoms with Crippen LogP contribution in [-0.4, -0.2) is 40.2 Å². The van der Waals surface area contributed by atoms with Crippen molar-refractivity contribution in [2.45, 2.75) is 63.8 Å². The van der Waals surface area contributed by atoms with Crippen molar-refractivity contribution in [3.63, 3.8) is 0 Å². The molecule has 1 aliphatic carbocycles. The molecule has 1 fully saturated rings. The Kier molecular flexibility index (Phi) is 7.19. The van der Waals surface area contributed by atoms with E-state index in [4.69, 9.17) is 5.11 Å². The third-order valence-electron chi connectivity index (χ3n) is 3.43. The number of hydrogen-bond acceptors (Lipinski definition) is 3. The third-order valence-corrected chi connectivity index (χ3v) is 4.67. The first-order valence-electron chi connectivity index (χ1n) is 7.33. The lowest BCUT2D eigenvalue weighted by molar-refractivity contribution is -0.139. The van der Waals surface area contributed by atoms with Crippen LogP contribution >= 0.6 is 11.8 Å². The Morgan fingerprint density at radius 3 is 2.60 bits per heavy atom. The summed E-state index contributed by atoms with van der Waals surface area (Å²) in [5.41, 5.74) is 0. The molecule has 1 aliphatic rings. The third kappa shape index (κ3) is 6.03. The summed E-state index contributed by atoms with van der Waals surface area (Å²) >= 11 is 1.93. The highest BCUT2D eigenvalue weighted by Crippen LogP contribution is 2.29. The van der Waals surface area contributed by atoms with Crippen molar-refractivity contribution in [2.75, 3.05) is 5.75 Å². The van der Waals surface area contributed by atoms with Crippen molar-refractivity contribution >= 4 is 23.8 Å². The van der Waals surface area contributed by atoms with E-state index in [1.165, 1.54) is 0 Å². The van der Waals surface area contributed by atoms with E-state index in [1.54, 1.807) is 0 Å². The van der Waals surface area contributed by atoms with Gasteiger partial charge in [-0.15, -0.1) is 0 Å². The molecule has 0 saturated heterocycles. The van der Waals surface area contributed by atoms with Crippen LogP contribution in [-0.2, 0) is 4.79 Å². The second-order valence-electron chi connectivity index (χ2n) is 5.73. The van der Waals surface area contributed by atoms with Gasteiger partial charge in [0, 0.05) is 11.3 Å². The number of hydrogen-bond donors (Lipinski definition) is 3. The summed E-state index contributed by atoms with van der Waals surface area (Å²) in [4.78, 5) is 23.0. The number of nitrogens with one attached hydrogen (secondary N) is 2. The van der Waals surface area contributed by atoms with Crippen molar-refractivity contribution < 1.29 is 14.7 Å². The van der Waals surface area contributed by atoms with Gasteiger partial charge >= 0.3 is 12.0 Å². The molecule has 3 atom stereocenters. The molecule has 0 bridgehead atoms. The lowest BCUT2D eigenvalue weighted by Gasteiger charge is -2.19. The second-order valence-corrected chi connectivity index (χ2v) is 7.30. The van der Waals surface area contributed by atoms with Gasteiger partial charge in [-0.2, -0.15) is 11.8 Å². The Balaban J connectivity index is 2.37. The van der Waals surface area contributed by atoms with E-state index in [0.717, 1.165) is 25.0 Å². The first-order valence-corrected chi connectivity index (χ1v) is 8.38. The van der Waals surface area contributed by atoms with Gasteiger partial charge in [-0.05, 0) is 37.4 Å². The lowest BCUT2D eigenvalue weighted by Crippen LogP contribution is -2.49. The topological polar surface area (TPSA) is 78.4 Å². The van der Waals surface area contributed by atoms with Crippen LogP contribution in [0.1, 0.15) is 46.5 Å². The standard InChI is InChI=1S/C14H26N2O3S/c1-4-20-11-6-5-10(8-11)15-14(19)16-12(13(17)18)7-9(2)3/h9-12H,4-8H2,1-3H3,(H,17,18)(H2,15,16,19)/t10?,11?,12-/m1/s1. The van der Waals surface area contributed by atoms with E-state index in [9.17, 15) is 9.59 Å². The summed E-state index contributed by atoms with van der Waals surface area (Å²) < 4.78 is 0. The quantitative estimate of drug-likeness (QED) is 0.675. The Morgan fingerprint density at radius 1 is 1.35 bits per heavy atom. The van der Waals surface area contributed by atoms with E-state index in [0.29, 0.717) is 11.7 Å². The summed E-state index contributed by atoms with van der Waals surface area (Å²) in [7, 11) is 0. The molecule has 5 nitrogen and oxygen atoms in total. The largest absolute Gasteiger partial charge is 0.480 e. The van der Waals surface area contributed by atoms with Gasteiger partial charge in [0.2, 0.25) is 0 Å². The van der Waals surface area contributed by atoms with E-state index < -0.39 is 12.0 Å². The smallest absolute Gasteiger partial charge is 0.326 e. The van der Waals surface area contributed by atoms with Crippen molar-refractivity contribution in [1.82, 2.24) is 10.6 Å². The van der Waals surface area contributed by atoms with Gasteiger partial charge < -0.3 is 15.7 Å². The highest BCUT2D eigenvalue weighted by molar-refractivity contribution is 7.99. The molecule has 3 N–H and O–H groups in total. The van der Waals surface area contributed by atoms with Crippen molar-refractivity contribution in [1.29, 1.82) is 0 Å². The molecule has 0 aromatic rings. The number of aliphatic carboxylic acids is 1. The fraction of sp³-hybridized carbons (Fsp3) is 0.857. The molecular formula is C14H26N2O3S. The van der Waals surface area contributed by atoms with Crippen LogP contribution in [0.4, 0.5) is 4.79 Å². The van der Waals surface area contributed by atoms with E-state index in [2.05, 4.69) is 17.6 Å². The molecule has 0 radical (unpaired) electrons. The molecule has 116 valence electrons. The predicted molar refractivity (Wildman–Crippen MR) is 82.1 cm³/mol. The summed E-state index contributed by atoms with van der Waals surface area (Å²) in [5.74, 6) is 0.354. The first kappa shape index (κ1) is 17.1. The van der Waals surface area contributed by atoms with Crippen LogP contribution in [0.5, 0.6) is 0 Å². The minimum absolute atomic E-state index is 0.174. The number of carboxylic acid groups (broad SMARTS) is 1. The zero-order valence-electron chi connectivity index (χ0n) is 12.5. The van der Waals surface area contributed by atoms with Crippen molar-refractivity contribution in [3.05, 3.63) is 0 Å². The number of carboxylic acids is 1. The number of amides is 2. The maximum Gasteiger partial charge on any atom is 0.326 e. The van der Waals surface area contributed by atoms with E-state index >= 15 is 0 Å². The normalized spacial score (nSPS) is 23.6. The average Bonchev–Trinajstić information content (AvgIpc) is 2.75. The maximum atomic E-state index is 11.9. The molecule has 0 aliphatic heterocycles. The molecule has 2 amide bonds. The number of carbonyl (C=O) groups is 2. The molecule has 1 saturated carbocycles. The molecule has 0 heterocycles. The SMILES string of the molecule is CCSC1CCC(NC(=O)N[C@H](CC(C)C)C(=O)O)C1. The summed E-state index contributed by atoms with van der Waals surface area (Å²) in [6.45, 7) is 6.03. The average molecular weight is 302 g/mol. The number of thioether (sulfide) groups is 1. The van der Waals surface area contributed by atoms with Gasteiger partial charge in [0.15, 0.2) is 0 Å². The highest BCUT2D eigenvalue weighted by atomic mass is 32.2. The predicted octanol–water partition coefficient (Wildman–Crippen LogP) is 2.46. The van der Waals surface area contributed by atoms with E-state index in [-0.39, 0.29) is 18.0 Å². The minimum atomic E-state index is -0.973. The Bertz CT molecular complexity index is 336. The monoisotopic (exact) mass is 302 g/mol. The molecule has 1 rings (SSSR count). The van der Waals surface area contributed by atoms with Crippen LogP contribution in [0.25, 0.3) is 0 Å². The van der Waals surface area contributed by atoms with Crippen LogP contribution in [0.3, 0.4) is 0 Å². The van der Waals surface area contributed by atoms with Crippen LogP contribution in [0.15, 0.2) is 0 Å². The second kappa shape index (κ2) is 8.39. The van der Waals surface area contributed by atoms with Crippen LogP contribution in [0.2, 0.25) is 0 Å². The summed E-state index contributed by atoms with van der Waals surface area (Å²) in [5, 5.41) is 15.2. The first-order chi connectivity index (χ1) is 9.42. The summed E-state index contributed by atoms with van der Waals surface area (Å²) in [6, 6.07) is -0.991. The zero-order chi connectivity index (χ0) is 15.1. The van der Waals surface area contributed by atoms with Gasteiger partial charge in [0.05, 0.1) is 0 Å². The Morgan fingerprint density at radius 2 is 2.05 bits per heavy atom. The number of urea groups is 1. The van der Waals surface area contributed by atoms with Crippen molar-refractivity contribution in [2.24, 2.45) is 5.92 Å². The number of carbonyl (C=O) groups excluding carboxylic acids is 1. The Labute approximate surface area is 125 Å². The van der Waals surface area contributed by atoms with Crippen LogP contribution < -0.4 is 10.6 Å².